The van der Waals surface area contributed by atoms with E-state index in [0.717, 1.165) is 0 Å². The number of carboxylic acid groups (broad SMARTS) is 1. The van der Waals surface area contributed by atoms with Gasteiger partial charge in [-0.05, 0) is 37.3 Å². The third-order valence-corrected chi connectivity index (χ3v) is 4.28. The Morgan fingerprint density at radius 2 is 1.70 bits per heavy atom. The smallest absolute Gasteiger partial charge is 0.330 e. The van der Waals surface area contributed by atoms with Crippen LogP contribution in [0.2, 0.25) is 0 Å². The van der Waals surface area contributed by atoms with Crippen molar-refractivity contribution >= 4 is 12.0 Å². The molecule has 4 nitrogen and oxygen atoms in total. The Bertz CT molecular complexity index is 546. The number of benzene rings is 1. The molecule has 1 unspecified atom stereocenters. The predicted octanol–water partition coefficient (Wildman–Crippen LogP) is 4.99. The van der Waals surface area contributed by atoms with E-state index < -0.39 is 12.1 Å². The lowest BCUT2D eigenvalue weighted by Crippen LogP contribution is -2.10. The summed E-state index contributed by atoms with van der Waals surface area (Å²) in [5.74, 6) is -1.00. The molecular weight excluding hydrogens is 340 g/mol. The largest absolute Gasteiger partial charge is 0.478 e. The van der Waals surface area contributed by atoms with Crippen LogP contribution >= 0.6 is 0 Å². The summed E-state index contributed by atoms with van der Waals surface area (Å²) in [4.78, 5) is 10.2. The van der Waals surface area contributed by atoms with Gasteiger partial charge in [-0.2, -0.15) is 0 Å². The summed E-state index contributed by atoms with van der Waals surface area (Å²) in [6.07, 6.45) is 12.1. The van der Waals surface area contributed by atoms with Crippen molar-refractivity contribution in [1.82, 2.24) is 0 Å². The minimum Gasteiger partial charge on any atom is -0.478 e. The Kier molecular flexibility index (Phi) is 15.1. The van der Waals surface area contributed by atoms with Crippen LogP contribution in [-0.2, 0) is 11.2 Å². The van der Waals surface area contributed by atoms with Crippen LogP contribution < -0.4 is 0 Å². The zero-order valence-corrected chi connectivity index (χ0v) is 16.9. The molecule has 152 valence electrons. The Morgan fingerprint density at radius 1 is 1.11 bits per heavy atom. The van der Waals surface area contributed by atoms with E-state index in [9.17, 15) is 4.79 Å². The number of aryl methyl sites for hydroxylation is 1. The highest BCUT2D eigenvalue weighted by atomic mass is 16.4. The van der Waals surface area contributed by atoms with Gasteiger partial charge in [-0.25, -0.2) is 4.79 Å². The third-order valence-electron chi connectivity index (χ3n) is 4.28. The van der Waals surface area contributed by atoms with Crippen LogP contribution in [0.25, 0.3) is 6.08 Å². The summed E-state index contributed by atoms with van der Waals surface area (Å²) >= 11 is 0. The highest BCUT2D eigenvalue weighted by Gasteiger charge is 2.02. The fourth-order valence-corrected chi connectivity index (χ4v) is 2.40. The number of hydrogen-bond donors (Lipinski definition) is 3. The summed E-state index contributed by atoms with van der Waals surface area (Å²) in [5.41, 5.74) is 2.85. The van der Waals surface area contributed by atoms with Crippen molar-refractivity contribution in [3.05, 3.63) is 53.6 Å². The van der Waals surface area contributed by atoms with E-state index in [1.54, 1.807) is 0 Å². The first-order valence-electron chi connectivity index (χ1n) is 9.84. The fourth-order valence-electron chi connectivity index (χ4n) is 2.40. The molecule has 0 saturated heterocycles. The molecule has 0 spiro atoms. The van der Waals surface area contributed by atoms with Crippen molar-refractivity contribution in [1.29, 1.82) is 0 Å². The maximum absolute atomic E-state index is 10.2. The second kappa shape index (κ2) is 16.3. The predicted molar refractivity (Wildman–Crippen MR) is 113 cm³/mol. The van der Waals surface area contributed by atoms with Gasteiger partial charge in [-0.15, -0.1) is 0 Å². The van der Waals surface area contributed by atoms with Crippen LogP contribution in [0.15, 0.2) is 42.5 Å². The molecule has 3 N–H and O–H groups in total. The van der Waals surface area contributed by atoms with Gasteiger partial charge in [0, 0.05) is 5.57 Å². The number of unbranched alkanes of at least 4 members (excludes halogenated alkanes) is 5. The molecule has 0 radical (unpaired) electrons. The molecule has 0 fully saturated rings. The maximum Gasteiger partial charge on any atom is 0.330 e. The van der Waals surface area contributed by atoms with E-state index in [4.69, 9.17) is 15.3 Å². The maximum atomic E-state index is 10.2. The Hall–Kier alpha value is -1.91. The normalized spacial score (nSPS) is 12.1. The van der Waals surface area contributed by atoms with Crippen LogP contribution in [0.4, 0.5) is 0 Å². The van der Waals surface area contributed by atoms with Gasteiger partial charge in [0.15, 0.2) is 0 Å². The topological polar surface area (TPSA) is 77.8 Å². The lowest BCUT2D eigenvalue weighted by atomic mass is 10.0. The average molecular weight is 377 g/mol. The van der Waals surface area contributed by atoms with Gasteiger partial charge in [0.25, 0.3) is 0 Å². The number of aliphatic hydroxyl groups excluding tert-OH is 2. The molecule has 1 atom stereocenters. The zero-order valence-electron chi connectivity index (χ0n) is 16.9. The first-order valence-corrected chi connectivity index (χ1v) is 9.84. The standard InChI is InChI=1S/C16H24.C7H12O4/c1-3-5-6-7-8-9-10-16-13-11-15(4-2)12-14-16;1-5(7(10)11)2-3-6(9)4-8/h4,11-14H,2-3,5-10H2,1H3;2,6,8-9H,3-4H2,1H3,(H,10,11). The number of rotatable bonds is 12. The van der Waals surface area contributed by atoms with Crippen LogP contribution in [0.5, 0.6) is 0 Å². The quantitative estimate of drug-likeness (QED) is 0.355. The molecular formula is C23H36O4. The minimum atomic E-state index is -1.00. The number of aliphatic hydroxyl groups is 2. The summed E-state index contributed by atoms with van der Waals surface area (Å²) < 4.78 is 0. The number of hydrogen-bond acceptors (Lipinski definition) is 3. The van der Waals surface area contributed by atoms with Gasteiger partial charge >= 0.3 is 5.97 Å². The van der Waals surface area contributed by atoms with E-state index in [0.29, 0.717) is 0 Å². The minimum absolute atomic E-state index is 0.175. The number of aliphatic carboxylic acids is 1. The van der Waals surface area contributed by atoms with E-state index in [-0.39, 0.29) is 18.6 Å². The molecule has 0 bridgehead atoms. The van der Waals surface area contributed by atoms with Crippen molar-refractivity contribution in [3.63, 3.8) is 0 Å². The highest BCUT2D eigenvalue weighted by molar-refractivity contribution is 5.85. The van der Waals surface area contributed by atoms with Crippen LogP contribution in [0, 0.1) is 0 Å². The molecule has 0 saturated carbocycles. The second-order valence-electron chi connectivity index (χ2n) is 6.73. The van der Waals surface area contributed by atoms with Gasteiger partial charge < -0.3 is 15.3 Å². The van der Waals surface area contributed by atoms with Crippen molar-refractivity contribution < 1.29 is 20.1 Å². The molecule has 0 aromatic heterocycles. The van der Waals surface area contributed by atoms with Crippen molar-refractivity contribution in [2.24, 2.45) is 0 Å². The summed E-state index contributed by atoms with van der Waals surface area (Å²) in [6, 6.07) is 8.75. The van der Waals surface area contributed by atoms with E-state index in [2.05, 4.69) is 37.8 Å². The van der Waals surface area contributed by atoms with E-state index in [1.165, 1.54) is 69.1 Å². The lowest BCUT2D eigenvalue weighted by Gasteiger charge is -2.02. The summed E-state index contributed by atoms with van der Waals surface area (Å²) in [7, 11) is 0. The molecule has 0 heterocycles. The van der Waals surface area contributed by atoms with Gasteiger partial charge in [-0.1, -0.05) is 82.0 Å². The third kappa shape index (κ3) is 13.9. The van der Waals surface area contributed by atoms with Crippen LogP contribution in [-0.4, -0.2) is 34.0 Å². The highest BCUT2D eigenvalue weighted by Crippen LogP contribution is 2.11. The van der Waals surface area contributed by atoms with Gasteiger partial charge in [-0.3, -0.25) is 0 Å². The van der Waals surface area contributed by atoms with E-state index in [1.807, 2.05) is 6.08 Å². The molecule has 0 amide bonds. The SMILES string of the molecule is C=Cc1ccc(CCCCCCCC)cc1.CC(=CCC(O)CO)C(=O)O. The monoisotopic (exact) mass is 376 g/mol. The molecule has 0 aliphatic rings. The Balaban J connectivity index is 0.000000541. The molecule has 27 heavy (non-hydrogen) atoms. The Labute approximate surface area is 164 Å². The molecule has 4 heteroatoms. The summed E-state index contributed by atoms with van der Waals surface area (Å²) in [6.45, 7) is 7.12. The molecule has 1 aromatic carbocycles. The molecule has 0 aliphatic carbocycles. The number of carboxylic acids is 1. The fraction of sp³-hybridized carbons (Fsp3) is 0.522. The van der Waals surface area contributed by atoms with Crippen molar-refractivity contribution in [2.45, 2.75) is 71.3 Å². The lowest BCUT2D eigenvalue weighted by molar-refractivity contribution is -0.132. The first-order chi connectivity index (χ1) is 12.9. The van der Waals surface area contributed by atoms with Crippen LogP contribution in [0.3, 0.4) is 0 Å². The molecule has 0 aliphatic heterocycles. The van der Waals surface area contributed by atoms with E-state index >= 15 is 0 Å². The van der Waals surface area contributed by atoms with Crippen molar-refractivity contribution in [3.8, 4) is 0 Å². The van der Waals surface area contributed by atoms with Gasteiger partial charge in [0.05, 0.1) is 12.7 Å². The van der Waals surface area contributed by atoms with Gasteiger partial charge in [0.1, 0.15) is 0 Å². The Morgan fingerprint density at radius 3 is 2.22 bits per heavy atom. The zero-order chi connectivity index (χ0) is 20.5. The number of carbonyl (C=O) groups is 1. The van der Waals surface area contributed by atoms with Crippen LogP contribution in [0.1, 0.15) is 69.9 Å². The first kappa shape index (κ1) is 25.1. The molecule has 1 aromatic rings. The average Bonchev–Trinajstić information content (AvgIpc) is 2.69. The second-order valence-corrected chi connectivity index (χ2v) is 6.73. The molecule has 1 rings (SSSR count). The van der Waals surface area contributed by atoms with Gasteiger partial charge in [0.2, 0.25) is 0 Å². The summed E-state index contributed by atoms with van der Waals surface area (Å²) in [5, 5.41) is 25.5. The van der Waals surface area contributed by atoms with Crippen molar-refractivity contribution in [2.75, 3.05) is 6.61 Å².